The van der Waals surface area contributed by atoms with Crippen molar-refractivity contribution in [3.8, 4) is 11.5 Å². The quantitative estimate of drug-likeness (QED) is 0.656. The zero-order chi connectivity index (χ0) is 23.2. The highest BCUT2D eigenvalue weighted by Crippen LogP contribution is 2.19. The SMILES string of the molecule is Cn1c(CN2CCCCC2)cc(=O)c(O)c1CN1CCN(CCOc2ccc(F)cc2)CC1. The first-order chi connectivity index (χ1) is 16.0. The topological polar surface area (TPSA) is 61.2 Å². The van der Waals surface area contributed by atoms with Crippen molar-refractivity contribution in [2.24, 2.45) is 7.05 Å². The Hall–Kier alpha value is -2.42. The lowest BCUT2D eigenvalue weighted by molar-refractivity contribution is 0.110. The number of likely N-dealkylation sites (tertiary alicyclic amines) is 1. The van der Waals surface area contributed by atoms with Crippen LogP contribution in [0.1, 0.15) is 30.7 Å². The maximum Gasteiger partial charge on any atom is 0.223 e. The van der Waals surface area contributed by atoms with E-state index in [4.69, 9.17) is 4.74 Å². The van der Waals surface area contributed by atoms with Crippen LogP contribution in [0.3, 0.4) is 0 Å². The second kappa shape index (κ2) is 11.1. The summed E-state index contributed by atoms with van der Waals surface area (Å²) in [5, 5.41) is 10.5. The van der Waals surface area contributed by atoms with Crippen molar-refractivity contribution in [2.45, 2.75) is 32.4 Å². The van der Waals surface area contributed by atoms with E-state index in [1.165, 1.54) is 31.4 Å². The monoisotopic (exact) mass is 458 g/mol. The minimum absolute atomic E-state index is 0.130. The van der Waals surface area contributed by atoms with E-state index in [-0.39, 0.29) is 17.0 Å². The fourth-order valence-corrected chi connectivity index (χ4v) is 4.68. The van der Waals surface area contributed by atoms with Gasteiger partial charge in [0.1, 0.15) is 18.2 Å². The average molecular weight is 459 g/mol. The van der Waals surface area contributed by atoms with E-state index < -0.39 is 0 Å². The molecule has 0 aliphatic carbocycles. The van der Waals surface area contributed by atoms with Crippen LogP contribution < -0.4 is 10.2 Å². The predicted molar refractivity (Wildman–Crippen MR) is 126 cm³/mol. The Bertz CT molecular complexity index is 965. The van der Waals surface area contributed by atoms with Gasteiger partial charge in [0.15, 0.2) is 5.75 Å². The van der Waals surface area contributed by atoms with Crippen LogP contribution in [0.4, 0.5) is 4.39 Å². The summed E-state index contributed by atoms with van der Waals surface area (Å²) in [6, 6.07) is 7.68. The number of piperidine rings is 1. The van der Waals surface area contributed by atoms with Gasteiger partial charge in [0.25, 0.3) is 0 Å². The van der Waals surface area contributed by atoms with Gasteiger partial charge in [0.2, 0.25) is 5.43 Å². The van der Waals surface area contributed by atoms with Gasteiger partial charge in [-0.05, 0) is 50.2 Å². The number of benzene rings is 1. The maximum absolute atomic E-state index is 13.0. The van der Waals surface area contributed by atoms with Crippen molar-refractivity contribution < 1.29 is 14.2 Å². The largest absolute Gasteiger partial charge is 0.503 e. The summed E-state index contributed by atoms with van der Waals surface area (Å²) >= 11 is 0. The summed E-state index contributed by atoms with van der Waals surface area (Å²) in [5.41, 5.74) is 1.38. The van der Waals surface area contributed by atoms with Crippen LogP contribution in [0.15, 0.2) is 35.1 Å². The van der Waals surface area contributed by atoms with Gasteiger partial charge in [0.05, 0.1) is 5.69 Å². The summed E-state index contributed by atoms with van der Waals surface area (Å²) in [6.45, 7) is 8.32. The van der Waals surface area contributed by atoms with Gasteiger partial charge in [-0.15, -0.1) is 0 Å². The molecular weight excluding hydrogens is 423 g/mol. The van der Waals surface area contributed by atoms with E-state index in [0.29, 0.717) is 24.6 Å². The van der Waals surface area contributed by atoms with E-state index in [9.17, 15) is 14.3 Å². The number of hydrogen-bond donors (Lipinski definition) is 1. The molecule has 180 valence electrons. The normalized spacial score (nSPS) is 18.5. The number of aromatic hydroxyl groups is 1. The van der Waals surface area contributed by atoms with Crippen LogP contribution in [0.2, 0.25) is 0 Å². The molecule has 33 heavy (non-hydrogen) atoms. The van der Waals surface area contributed by atoms with Gasteiger partial charge in [0, 0.05) is 64.6 Å². The molecule has 0 spiro atoms. The molecule has 3 heterocycles. The van der Waals surface area contributed by atoms with Crippen molar-refractivity contribution in [3.05, 3.63) is 57.8 Å². The van der Waals surface area contributed by atoms with Gasteiger partial charge >= 0.3 is 0 Å². The summed E-state index contributed by atoms with van der Waals surface area (Å²) < 4.78 is 20.7. The van der Waals surface area contributed by atoms with Crippen LogP contribution in [0.25, 0.3) is 0 Å². The molecule has 0 amide bonds. The summed E-state index contributed by atoms with van der Waals surface area (Å²) in [6.07, 6.45) is 3.69. The second-order valence-corrected chi connectivity index (χ2v) is 9.11. The summed E-state index contributed by atoms with van der Waals surface area (Å²) in [5.74, 6) is 0.282. The lowest BCUT2D eigenvalue weighted by atomic mass is 10.1. The van der Waals surface area contributed by atoms with E-state index >= 15 is 0 Å². The third kappa shape index (κ3) is 6.34. The number of aromatic nitrogens is 1. The van der Waals surface area contributed by atoms with Crippen LogP contribution in [-0.4, -0.2) is 76.8 Å². The zero-order valence-electron chi connectivity index (χ0n) is 19.5. The van der Waals surface area contributed by atoms with E-state index in [1.807, 2.05) is 11.6 Å². The van der Waals surface area contributed by atoms with Crippen molar-refractivity contribution in [3.63, 3.8) is 0 Å². The first kappa shape index (κ1) is 23.7. The van der Waals surface area contributed by atoms with Gasteiger partial charge in [-0.25, -0.2) is 4.39 Å². The van der Waals surface area contributed by atoms with Crippen molar-refractivity contribution in [1.29, 1.82) is 0 Å². The highest BCUT2D eigenvalue weighted by molar-refractivity contribution is 5.30. The Morgan fingerprint density at radius 3 is 2.24 bits per heavy atom. The maximum atomic E-state index is 13.0. The summed E-state index contributed by atoms with van der Waals surface area (Å²) in [7, 11) is 1.96. The smallest absolute Gasteiger partial charge is 0.223 e. The third-order valence-corrected chi connectivity index (χ3v) is 6.80. The molecule has 0 unspecified atom stereocenters. The minimum Gasteiger partial charge on any atom is -0.503 e. The molecule has 8 heteroatoms. The van der Waals surface area contributed by atoms with Crippen molar-refractivity contribution in [1.82, 2.24) is 19.3 Å². The summed E-state index contributed by atoms with van der Waals surface area (Å²) in [4.78, 5) is 19.5. The molecule has 0 radical (unpaired) electrons. The van der Waals surface area contributed by atoms with Crippen LogP contribution in [0, 0.1) is 5.82 Å². The van der Waals surface area contributed by atoms with Crippen LogP contribution >= 0.6 is 0 Å². The lowest BCUT2D eigenvalue weighted by Gasteiger charge is -2.35. The molecule has 0 bridgehead atoms. The number of piperazine rings is 1. The molecular formula is C25H35FN4O3. The van der Waals surface area contributed by atoms with Gasteiger partial charge < -0.3 is 14.4 Å². The number of rotatable bonds is 8. The lowest BCUT2D eigenvalue weighted by Crippen LogP contribution is -2.47. The molecule has 1 aromatic carbocycles. The Labute approximate surface area is 195 Å². The Morgan fingerprint density at radius 2 is 1.55 bits per heavy atom. The van der Waals surface area contributed by atoms with Gasteiger partial charge in [-0.3, -0.25) is 19.5 Å². The van der Waals surface area contributed by atoms with Crippen LogP contribution in [-0.2, 0) is 20.1 Å². The highest BCUT2D eigenvalue weighted by atomic mass is 19.1. The molecule has 2 fully saturated rings. The fraction of sp³-hybridized carbons (Fsp3) is 0.560. The minimum atomic E-state index is -0.285. The molecule has 1 aromatic heterocycles. The molecule has 2 saturated heterocycles. The molecule has 0 atom stereocenters. The number of pyridine rings is 1. The van der Waals surface area contributed by atoms with Crippen molar-refractivity contribution in [2.75, 3.05) is 52.4 Å². The number of halogens is 1. The molecule has 4 rings (SSSR count). The second-order valence-electron chi connectivity index (χ2n) is 9.11. The first-order valence-electron chi connectivity index (χ1n) is 12.0. The number of nitrogens with zero attached hydrogens (tertiary/aromatic N) is 4. The molecule has 2 aliphatic rings. The van der Waals surface area contributed by atoms with E-state index in [0.717, 1.165) is 58.1 Å². The molecule has 0 saturated carbocycles. The average Bonchev–Trinajstić information content (AvgIpc) is 2.83. The van der Waals surface area contributed by atoms with Gasteiger partial charge in [-0.2, -0.15) is 0 Å². The standard InChI is InChI=1S/C25H35FN4O3/c1-27-21(18-29-9-3-2-4-10-29)17-24(31)25(32)23(27)19-30-13-11-28(12-14-30)15-16-33-22-7-5-20(26)6-8-22/h5-8,17,32H,2-4,9-16,18-19H2,1H3. The highest BCUT2D eigenvalue weighted by Gasteiger charge is 2.21. The Kier molecular flexibility index (Phi) is 8.01. The molecule has 1 N–H and O–H groups in total. The number of hydrogen-bond acceptors (Lipinski definition) is 6. The van der Waals surface area contributed by atoms with E-state index in [2.05, 4.69) is 14.7 Å². The Balaban J connectivity index is 1.29. The van der Waals surface area contributed by atoms with E-state index in [1.54, 1.807) is 18.2 Å². The Morgan fingerprint density at radius 1 is 0.909 bits per heavy atom. The fourth-order valence-electron chi connectivity index (χ4n) is 4.68. The molecule has 2 aromatic rings. The predicted octanol–water partition coefficient (Wildman–Crippen LogP) is 2.41. The first-order valence-corrected chi connectivity index (χ1v) is 12.0. The van der Waals surface area contributed by atoms with Gasteiger partial charge in [-0.1, -0.05) is 6.42 Å². The molecule has 7 nitrogen and oxygen atoms in total. The third-order valence-electron chi connectivity index (χ3n) is 6.80. The number of ether oxygens (including phenoxy) is 1. The van der Waals surface area contributed by atoms with Crippen molar-refractivity contribution >= 4 is 0 Å². The zero-order valence-corrected chi connectivity index (χ0v) is 19.5. The van der Waals surface area contributed by atoms with Crippen LogP contribution in [0.5, 0.6) is 11.5 Å². The molecule has 2 aliphatic heterocycles.